The summed E-state index contributed by atoms with van der Waals surface area (Å²) in [6.07, 6.45) is 39.8. The van der Waals surface area contributed by atoms with E-state index in [1.807, 2.05) is 12.1 Å². The number of esters is 2. The second-order valence-corrected chi connectivity index (χ2v) is 18.7. The number of methoxy groups -OCH3 is 2. The maximum Gasteiger partial charge on any atom is 0.305 e. The van der Waals surface area contributed by atoms with E-state index in [-0.39, 0.29) is 11.9 Å². The molecule has 70 heavy (non-hydrogen) atoms. The Morgan fingerprint density at radius 3 is 1.00 bits per heavy atom. The van der Waals surface area contributed by atoms with E-state index >= 15 is 0 Å². The van der Waals surface area contributed by atoms with Crippen LogP contribution < -0.4 is 9.47 Å². The van der Waals surface area contributed by atoms with Gasteiger partial charge < -0.3 is 18.9 Å². The first-order valence-corrected chi connectivity index (χ1v) is 27.1. The van der Waals surface area contributed by atoms with Crippen molar-refractivity contribution in [2.75, 3.05) is 27.4 Å². The van der Waals surface area contributed by atoms with E-state index in [9.17, 15) is 9.59 Å². The molecule has 0 saturated carbocycles. The molecule has 6 nitrogen and oxygen atoms in total. The second kappa shape index (κ2) is 36.4. The van der Waals surface area contributed by atoms with E-state index in [4.69, 9.17) is 31.8 Å². The first-order chi connectivity index (χ1) is 34.2. The van der Waals surface area contributed by atoms with Crippen molar-refractivity contribution in [2.24, 2.45) is 0 Å². The molecule has 0 saturated heterocycles. The van der Waals surface area contributed by atoms with Crippen LogP contribution in [0.5, 0.6) is 11.5 Å². The largest absolute Gasteiger partial charge is 0.492 e. The lowest BCUT2D eigenvalue weighted by Crippen LogP contribution is -2.05. The molecule has 378 valence electrons. The number of benzene rings is 3. The molecule has 0 spiro atoms. The number of rotatable bonds is 34. The summed E-state index contributed by atoms with van der Waals surface area (Å²) in [6, 6.07) is 12.9. The van der Waals surface area contributed by atoms with Gasteiger partial charge in [-0.15, -0.1) is 12.8 Å². The minimum absolute atomic E-state index is 0.202. The normalized spacial score (nSPS) is 10.6. The van der Waals surface area contributed by atoms with Crippen molar-refractivity contribution in [1.82, 2.24) is 0 Å². The second-order valence-electron chi connectivity index (χ2n) is 18.7. The highest BCUT2D eigenvalue weighted by Crippen LogP contribution is 2.31. The van der Waals surface area contributed by atoms with Gasteiger partial charge in [0.15, 0.2) is 0 Å². The lowest BCUT2D eigenvalue weighted by Gasteiger charge is -2.14. The van der Waals surface area contributed by atoms with Crippen LogP contribution in [0.25, 0.3) is 0 Å². The van der Waals surface area contributed by atoms with Crippen LogP contribution in [-0.2, 0) is 44.7 Å². The van der Waals surface area contributed by atoms with Crippen LogP contribution in [0, 0.1) is 48.4 Å². The number of carbonyl (C=O) groups is 2. The van der Waals surface area contributed by atoms with Crippen LogP contribution >= 0.6 is 0 Å². The third-order valence-corrected chi connectivity index (χ3v) is 12.9. The zero-order chi connectivity index (χ0) is 50.6. The van der Waals surface area contributed by atoms with Gasteiger partial charge in [-0.1, -0.05) is 140 Å². The van der Waals surface area contributed by atoms with Crippen molar-refractivity contribution >= 4 is 11.9 Å². The third-order valence-electron chi connectivity index (χ3n) is 12.9. The lowest BCUT2D eigenvalue weighted by atomic mass is 9.92. The molecule has 0 amide bonds. The van der Waals surface area contributed by atoms with Gasteiger partial charge in [-0.3, -0.25) is 9.59 Å². The lowest BCUT2D eigenvalue weighted by molar-refractivity contribution is -0.141. The number of carbonyl (C=O) groups excluding carboxylic acids is 2. The van der Waals surface area contributed by atoms with E-state index in [1.165, 1.54) is 101 Å². The monoisotopic (exact) mass is 951 g/mol. The fourth-order valence-corrected chi connectivity index (χ4v) is 8.60. The highest BCUT2D eigenvalue weighted by molar-refractivity contribution is 5.69. The van der Waals surface area contributed by atoms with Crippen LogP contribution in [0.2, 0.25) is 0 Å². The number of unbranched alkanes of at least 4 members (excludes halogenated alkanes) is 16. The Bertz CT molecular complexity index is 2090. The average molecular weight is 951 g/mol. The van der Waals surface area contributed by atoms with Crippen molar-refractivity contribution in [3.63, 3.8) is 0 Å². The highest BCUT2D eigenvalue weighted by atomic mass is 16.5. The maximum absolute atomic E-state index is 11.8. The molecule has 0 fully saturated rings. The summed E-state index contributed by atoms with van der Waals surface area (Å²) in [7, 11) is 2.85. The standard InChI is InChI=1S/C64H86O6/c1-9-15-19-25-33-53-47-57(55(45-51(53)13-5)35-27-21-17-11-3)39-41-59-49-62(70-44-32-24-30-38-64(66)68-8)60(50-61(59)69-43-31-23-29-37-63(65)67-7)42-40-58-48-54(34-26-20-16-10-2)52(14-6)46-56(58)36-28-22-18-12-4/h5-6,45-50H,9-12,15-38,43-44H2,1-4,7-8H3. The molecule has 0 aliphatic carbocycles. The van der Waals surface area contributed by atoms with Crippen molar-refractivity contribution in [2.45, 2.75) is 207 Å². The minimum Gasteiger partial charge on any atom is -0.492 e. The molecule has 0 unspecified atom stereocenters. The molecule has 0 aliphatic heterocycles. The van der Waals surface area contributed by atoms with Crippen molar-refractivity contribution in [3.05, 3.63) is 92.0 Å². The smallest absolute Gasteiger partial charge is 0.305 e. The zero-order valence-corrected chi connectivity index (χ0v) is 44.3. The van der Waals surface area contributed by atoms with Crippen LogP contribution in [-0.4, -0.2) is 39.4 Å². The first kappa shape index (κ1) is 58.8. The Kier molecular flexibility index (Phi) is 30.5. The summed E-state index contributed by atoms with van der Waals surface area (Å²) >= 11 is 0. The molecule has 0 aromatic heterocycles. The molecule has 0 bridgehead atoms. The molecule has 6 heteroatoms. The molecule has 3 rings (SSSR count). The number of aryl methyl sites for hydroxylation is 4. The Labute approximate surface area is 425 Å². The molecule has 0 radical (unpaired) electrons. The van der Waals surface area contributed by atoms with Crippen molar-refractivity contribution in [1.29, 1.82) is 0 Å². The maximum atomic E-state index is 11.8. The van der Waals surface area contributed by atoms with Gasteiger partial charge in [0.05, 0.1) is 38.6 Å². The minimum atomic E-state index is -0.202. The molecule has 0 atom stereocenters. The predicted molar refractivity (Wildman–Crippen MR) is 290 cm³/mol. The number of hydrogen-bond acceptors (Lipinski definition) is 6. The predicted octanol–water partition coefficient (Wildman–Crippen LogP) is 15.2. The summed E-state index contributed by atoms with van der Waals surface area (Å²) in [4.78, 5) is 23.7. The summed E-state index contributed by atoms with van der Waals surface area (Å²) < 4.78 is 23.0. The quantitative estimate of drug-likeness (QED) is 0.0337. The topological polar surface area (TPSA) is 71.1 Å². The van der Waals surface area contributed by atoms with Crippen LogP contribution in [0.4, 0.5) is 0 Å². The molecule has 3 aromatic carbocycles. The van der Waals surface area contributed by atoms with Gasteiger partial charge in [-0.25, -0.2) is 0 Å². The van der Waals surface area contributed by atoms with E-state index in [0.29, 0.717) is 48.7 Å². The van der Waals surface area contributed by atoms with Gasteiger partial charge in [-0.2, -0.15) is 0 Å². The number of hydrogen-bond donors (Lipinski definition) is 0. The summed E-state index contributed by atoms with van der Waals surface area (Å²) in [5, 5.41) is 0. The molecule has 0 heterocycles. The van der Waals surface area contributed by atoms with E-state index in [1.54, 1.807) is 0 Å². The first-order valence-electron chi connectivity index (χ1n) is 27.1. The SMILES string of the molecule is C#Cc1cc(CCCCCC)c(C#Cc2cc(OCCCCCC(=O)OC)c(C#Cc3cc(CCCCCC)c(C#C)cc3CCCCCC)cc2OCCCCCC(=O)OC)cc1CCCCCC. The van der Waals surface area contributed by atoms with Gasteiger partial charge in [0.2, 0.25) is 0 Å². The van der Waals surface area contributed by atoms with Crippen molar-refractivity contribution in [3.8, 4) is 59.9 Å². The average Bonchev–Trinajstić information content (AvgIpc) is 3.38. The van der Waals surface area contributed by atoms with E-state index in [2.05, 4.69) is 87.5 Å². The van der Waals surface area contributed by atoms with Crippen LogP contribution in [0.1, 0.15) is 237 Å². The summed E-state index contributed by atoms with van der Waals surface area (Å²) in [5.41, 5.74) is 10.1. The van der Waals surface area contributed by atoms with Crippen molar-refractivity contribution < 1.29 is 28.5 Å². The molecular formula is C64H86O6. The van der Waals surface area contributed by atoms with Gasteiger partial charge in [-0.05, 0) is 136 Å². The van der Waals surface area contributed by atoms with Crippen LogP contribution in [0.3, 0.4) is 0 Å². The molecule has 0 N–H and O–H groups in total. The Hall–Kier alpha value is -5.56. The fraction of sp³-hybridized carbons (Fsp3) is 0.562. The zero-order valence-electron chi connectivity index (χ0n) is 44.3. The number of ether oxygens (including phenoxy) is 4. The highest BCUT2D eigenvalue weighted by Gasteiger charge is 2.15. The Morgan fingerprint density at radius 1 is 0.386 bits per heavy atom. The Balaban J connectivity index is 2.25. The Morgan fingerprint density at radius 2 is 0.686 bits per heavy atom. The van der Waals surface area contributed by atoms with Crippen LogP contribution in [0.15, 0.2) is 36.4 Å². The number of terminal acetylenes is 2. The molecule has 3 aromatic rings. The van der Waals surface area contributed by atoms with E-state index < -0.39 is 0 Å². The van der Waals surface area contributed by atoms with E-state index in [0.717, 1.165) is 125 Å². The summed E-state index contributed by atoms with van der Waals surface area (Å²) in [5.74, 6) is 21.2. The van der Waals surface area contributed by atoms with Gasteiger partial charge >= 0.3 is 11.9 Å². The van der Waals surface area contributed by atoms with Gasteiger partial charge in [0, 0.05) is 47.2 Å². The van der Waals surface area contributed by atoms with Gasteiger partial charge in [0.25, 0.3) is 0 Å². The molecular weight excluding hydrogens is 865 g/mol. The summed E-state index contributed by atoms with van der Waals surface area (Å²) in [6.45, 7) is 9.83. The molecule has 0 aliphatic rings. The fourth-order valence-electron chi connectivity index (χ4n) is 8.60. The third kappa shape index (κ3) is 22.5. The van der Waals surface area contributed by atoms with Gasteiger partial charge in [0.1, 0.15) is 11.5 Å².